The molecule has 25 heavy (non-hydrogen) atoms. The van der Waals surface area contributed by atoms with E-state index < -0.39 is 5.66 Å². The molecule has 0 unspecified atom stereocenters. The summed E-state index contributed by atoms with van der Waals surface area (Å²) in [6, 6.07) is 3.47. The number of fused-ring (bicyclic) bond motifs is 2. The number of rotatable bonds is 2. The Morgan fingerprint density at radius 3 is 2.76 bits per heavy atom. The molecule has 1 N–H and O–H groups in total. The van der Waals surface area contributed by atoms with E-state index in [0.29, 0.717) is 15.6 Å². The number of nitrogens with zero attached hydrogens (tertiary/aromatic N) is 3. The van der Waals surface area contributed by atoms with Gasteiger partial charge < -0.3 is 5.32 Å². The quantitative estimate of drug-likeness (QED) is 0.643. The number of amides is 1. The second-order valence-electron chi connectivity index (χ2n) is 6.49. The molecule has 1 saturated carbocycles. The second-order valence-corrected chi connectivity index (χ2v) is 7.89. The normalized spacial score (nSPS) is 18.2. The zero-order valence-corrected chi connectivity index (χ0v) is 15.3. The Labute approximate surface area is 154 Å². The monoisotopic (exact) mass is 376 g/mol. The molecule has 8 heteroatoms. The predicted octanol–water partition coefficient (Wildman–Crippen LogP) is 3.11. The van der Waals surface area contributed by atoms with Gasteiger partial charge in [-0.25, -0.2) is 9.97 Å². The van der Waals surface area contributed by atoms with Gasteiger partial charge in [-0.3, -0.25) is 14.2 Å². The van der Waals surface area contributed by atoms with Gasteiger partial charge in [-0.05, 0) is 61.9 Å². The molecule has 0 radical (unpaired) electrons. The molecule has 0 aromatic carbocycles. The van der Waals surface area contributed by atoms with Crippen LogP contribution in [0.25, 0.3) is 0 Å². The summed E-state index contributed by atoms with van der Waals surface area (Å²) in [7, 11) is 0. The number of carbonyl (C=O) groups excluding carboxylic acids is 1. The number of aryl methyl sites for hydroxylation is 1. The van der Waals surface area contributed by atoms with Gasteiger partial charge in [0.25, 0.3) is 11.5 Å². The van der Waals surface area contributed by atoms with E-state index in [1.165, 1.54) is 11.8 Å². The first-order valence-electron chi connectivity index (χ1n) is 8.26. The second kappa shape index (κ2) is 6.14. The van der Waals surface area contributed by atoms with Crippen LogP contribution in [0.2, 0.25) is 5.28 Å². The molecule has 1 spiro atoms. The van der Waals surface area contributed by atoms with Crippen LogP contribution in [0.4, 0.5) is 0 Å². The van der Waals surface area contributed by atoms with Crippen molar-refractivity contribution < 1.29 is 4.79 Å². The highest BCUT2D eigenvalue weighted by Crippen LogP contribution is 2.38. The van der Waals surface area contributed by atoms with Crippen molar-refractivity contribution in [1.29, 1.82) is 0 Å². The Balaban J connectivity index is 1.84. The standard InChI is InChI=1S/C17H17ClN4O2S/c1-10-9-11(25-12-5-8-19-16(18)20-12)15(24)22-13(10)14(23)21-17(22)6-3-2-4-7-17/h5,8-9H,2-4,6-7H2,1H3,(H,21,23). The van der Waals surface area contributed by atoms with E-state index in [9.17, 15) is 9.59 Å². The smallest absolute Gasteiger partial charge is 0.270 e. The van der Waals surface area contributed by atoms with Crippen LogP contribution >= 0.6 is 23.4 Å². The molecule has 6 nitrogen and oxygen atoms in total. The maximum Gasteiger partial charge on any atom is 0.270 e. The van der Waals surface area contributed by atoms with Crippen molar-refractivity contribution in [3.63, 3.8) is 0 Å². The lowest BCUT2D eigenvalue weighted by Gasteiger charge is -2.35. The van der Waals surface area contributed by atoms with Gasteiger partial charge in [0.15, 0.2) is 0 Å². The average molecular weight is 377 g/mol. The maximum atomic E-state index is 13.2. The fraction of sp³-hybridized carbons (Fsp3) is 0.412. The summed E-state index contributed by atoms with van der Waals surface area (Å²) in [4.78, 5) is 34.2. The topological polar surface area (TPSA) is 76.9 Å². The zero-order chi connectivity index (χ0) is 17.6. The summed E-state index contributed by atoms with van der Waals surface area (Å²) in [6.45, 7) is 1.86. The zero-order valence-electron chi connectivity index (χ0n) is 13.7. The Morgan fingerprint density at radius 2 is 2.04 bits per heavy atom. The van der Waals surface area contributed by atoms with Gasteiger partial charge in [-0.15, -0.1) is 0 Å². The van der Waals surface area contributed by atoms with Crippen LogP contribution in [0.15, 0.2) is 33.0 Å². The number of hydrogen-bond acceptors (Lipinski definition) is 5. The largest absolute Gasteiger partial charge is 0.327 e. The van der Waals surface area contributed by atoms with Gasteiger partial charge in [-0.1, -0.05) is 18.2 Å². The Hall–Kier alpha value is -1.86. The van der Waals surface area contributed by atoms with Gasteiger partial charge in [0, 0.05) is 6.20 Å². The number of halogens is 1. The molecule has 0 bridgehead atoms. The predicted molar refractivity (Wildman–Crippen MR) is 95.1 cm³/mol. The summed E-state index contributed by atoms with van der Waals surface area (Å²) < 4.78 is 1.69. The Bertz CT molecular complexity index is 921. The van der Waals surface area contributed by atoms with Crippen LogP contribution in [0.1, 0.15) is 48.2 Å². The van der Waals surface area contributed by atoms with E-state index in [0.717, 1.165) is 37.7 Å². The molecule has 2 aromatic rings. The van der Waals surface area contributed by atoms with Crippen molar-refractivity contribution in [1.82, 2.24) is 19.9 Å². The van der Waals surface area contributed by atoms with Crippen LogP contribution in [-0.2, 0) is 5.66 Å². The molecule has 4 rings (SSSR count). The molecular formula is C17H17ClN4O2S. The first-order valence-corrected chi connectivity index (χ1v) is 9.46. The van der Waals surface area contributed by atoms with Crippen LogP contribution in [0.3, 0.4) is 0 Å². The molecule has 1 aliphatic carbocycles. The van der Waals surface area contributed by atoms with Crippen LogP contribution < -0.4 is 10.9 Å². The molecule has 1 aliphatic heterocycles. The molecule has 3 heterocycles. The summed E-state index contributed by atoms with van der Waals surface area (Å²) in [5, 5.41) is 3.83. The molecule has 130 valence electrons. The third-order valence-electron chi connectivity index (χ3n) is 4.84. The molecular weight excluding hydrogens is 360 g/mol. The van der Waals surface area contributed by atoms with E-state index in [4.69, 9.17) is 11.6 Å². The van der Waals surface area contributed by atoms with Crippen molar-refractivity contribution >= 4 is 29.3 Å². The molecule has 1 amide bonds. The van der Waals surface area contributed by atoms with Gasteiger partial charge in [0.2, 0.25) is 5.28 Å². The highest BCUT2D eigenvalue weighted by atomic mass is 35.5. The minimum atomic E-state index is -0.577. The minimum Gasteiger partial charge on any atom is -0.327 e. The van der Waals surface area contributed by atoms with E-state index in [1.54, 1.807) is 22.9 Å². The Kier molecular flexibility index (Phi) is 4.08. The van der Waals surface area contributed by atoms with Crippen molar-refractivity contribution in [2.45, 2.75) is 54.6 Å². The fourth-order valence-electron chi connectivity index (χ4n) is 3.78. The maximum absolute atomic E-state index is 13.2. The van der Waals surface area contributed by atoms with Crippen LogP contribution in [-0.4, -0.2) is 20.4 Å². The van der Waals surface area contributed by atoms with Crippen molar-refractivity contribution in [3.05, 3.63) is 45.2 Å². The number of hydrogen-bond donors (Lipinski definition) is 1. The first-order chi connectivity index (χ1) is 12.0. The lowest BCUT2D eigenvalue weighted by Crippen LogP contribution is -2.48. The SMILES string of the molecule is Cc1cc(Sc2ccnc(Cl)n2)c(=O)n2c1C(=O)NC21CCCCC1. The van der Waals surface area contributed by atoms with Gasteiger partial charge >= 0.3 is 0 Å². The number of pyridine rings is 1. The molecule has 0 atom stereocenters. The fourth-order valence-corrected chi connectivity index (χ4v) is 4.88. The molecule has 2 aliphatic rings. The van der Waals surface area contributed by atoms with E-state index >= 15 is 0 Å². The summed E-state index contributed by atoms with van der Waals surface area (Å²) in [5.41, 5.74) is 0.548. The van der Waals surface area contributed by atoms with Crippen molar-refractivity contribution in [2.24, 2.45) is 0 Å². The van der Waals surface area contributed by atoms with Gasteiger partial charge in [0.05, 0.1) is 4.90 Å². The van der Waals surface area contributed by atoms with Gasteiger partial charge in [0.1, 0.15) is 16.4 Å². The molecule has 1 fully saturated rings. The minimum absolute atomic E-state index is 0.142. The summed E-state index contributed by atoms with van der Waals surface area (Å²) in [6.07, 6.45) is 6.28. The summed E-state index contributed by atoms with van der Waals surface area (Å²) >= 11 is 7.09. The van der Waals surface area contributed by atoms with Gasteiger partial charge in [-0.2, -0.15) is 0 Å². The lowest BCUT2D eigenvalue weighted by molar-refractivity contribution is 0.0876. The van der Waals surface area contributed by atoms with Crippen molar-refractivity contribution in [2.75, 3.05) is 0 Å². The number of aromatic nitrogens is 3. The highest BCUT2D eigenvalue weighted by molar-refractivity contribution is 7.99. The number of carbonyl (C=O) groups is 1. The van der Waals surface area contributed by atoms with E-state index in [-0.39, 0.29) is 16.8 Å². The van der Waals surface area contributed by atoms with E-state index in [1.807, 2.05) is 6.92 Å². The average Bonchev–Trinajstić information content (AvgIpc) is 2.85. The summed E-state index contributed by atoms with van der Waals surface area (Å²) in [5.74, 6) is -0.155. The third-order valence-corrected chi connectivity index (χ3v) is 5.97. The third kappa shape index (κ3) is 2.75. The van der Waals surface area contributed by atoms with Crippen LogP contribution in [0, 0.1) is 6.92 Å². The lowest BCUT2D eigenvalue weighted by atomic mass is 9.89. The molecule has 0 saturated heterocycles. The Morgan fingerprint density at radius 1 is 1.28 bits per heavy atom. The van der Waals surface area contributed by atoms with E-state index in [2.05, 4.69) is 15.3 Å². The van der Waals surface area contributed by atoms with Crippen molar-refractivity contribution in [3.8, 4) is 0 Å². The number of nitrogens with one attached hydrogen (secondary N) is 1. The van der Waals surface area contributed by atoms with Crippen LogP contribution in [0.5, 0.6) is 0 Å². The highest BCUT2D eigenvalue weighted by Gasteiger charge is 2.45. The first kappa shape index (κ1) is 16.6. The molecule has 2 aromatic heterocycles.